The van der Waals surface area contributed by atoms with Gasteiger partial charge in [-0.3, -0.25) is 4.79 Å². The first-order valence-corrected chi connectivity index (χ1v) is 8.51. The van der Waals surface area contributed by atoms with Crippen LogP contribution in [0, 0.1) is 5.92 Å². The highest BCUT2D eigenvalue weighted by Gasteiger charge is 2.25. The van der Waals surface area contributed by atoms with Crippen molar-refractivity contribution < 1.29 is 14.3 Å². The predicted octanol–water partition coefficient (Wildman–Crippen LogP) is 2.58. The molecule has 1 aromatic rings. The lowest BCUT2D eigenvalue weighted by Gasteiger charge is -2.38. The van der Waals surface area contributed by atoms with E-state index in [1.54, 1.807) is 0 Å². The van der Waals surface area contributed by atoms with Gasteiger partial charge in [-0.05, 0) is 56.9 Å². The van der Waals surface area contributed by atoms with E-state index in [1.807, 2.05) is 26.0 Å². The fourth-order valence-electron chi connectivity index (χ4n) is 3.14. The molecular formula is C18H28N2O3. The fraction of sp³-hybridized carbons (Fsp3) is 0.611. The van der Waals surface area contributed by atoms with Crippen molar-refractivity contribution in [2.75, 3.05) is 31.2 Å². The highest BCUT2D eigenvalue weighted by Crippen LogP contribution is 2.27. The quantitative estimate of drug-likeness (QED) is 0.782. The van der Waals surface area contributed by atoms with Gasteiger partial charge in [0.05, 0.1) is 13.2 Å². The lowest BCUT2D eigenvalue weighted by Crippen LogP contribution is -2.47. The summed E-state index contributed by atoms with van der Waals surface area (Å²) >= 11 is 0. The molecular weight excluding hydrogens is 292 g/mol. The van der Waals surface area contributed by atoms with E-state index in [0.29, 0.717) is 25.6 Å². The molecule has 1 aliphatic heterocycles. The Labute approximate surface area is 138 Å². The van der Waals surface area contributed by atoms with Gasteiger partial charge < -0.3 is 20.1 Å². The van der Waals surface area contributed by atoms with E-state index in [2.05, 4.69) is 17.0 Å². The first kappa shape index (κ1) is 17.6. The van der Waals surface area contributed by atoms with Gasteiger partial charge in [0, 0.05) is 31.2 Å². The number of carbonyl (C=O) groups excluding carboxylic acids is 1. The molecule has 5 nitrogen and oxygen atoms in total. The maximum atomic E-state index is 11.5. The van der Waals surface area contributed by atoms with Crippen molar-refractivity contribution in [3.63, 3.8) is 0 Å². The number of nitrogens with zero attached hydrogens (tertiary/aromatic N) is 1. The number of benzene rings is 1. The fourth-order valence-corrected chi connectivity index (χ4v) is 3.14. The molecule has 2 unspecified atom stereocenters. The molecule has 0 radical (unpaired) electrons. The minimum absolute atomic E-state index is 0.112. The van der Waals surface area contributed by atoms with Crippen molar-refractivity contribution in [3.8, 4) is 5.75 Å². The summed E-state index contributed by atoms with van der Waals surface area (Å²) < 4.78 is 10.5. The SMILES string of the molecule is CCOC(=O)CCC1CC(N)CN(c2ccc(OCC)cc2)C1. The van der Waals surface area contributed by atoms with Crippen molar-refractivity contribution in [2.24, 2.45) is 11.7 Å². The van der Waals surface area contributed by atoms with Crippen molar-refractivity contribution in [1.82, 2.24) is 0 Å². The molecule has 0 spiro atoms. The topological polar surface area (TPSA) is 64.8 Å². The van der Waals surface area contributed by atoms with E-state index in [-0.39, 0.29) is 12.0 Å². The Kier molecular flexibility index (Phi) is 6.71. The molecule has 1 aromatic carbocycles. The van der Waals surface area contributed by atoms with Crippen LogP contribution >= 0.6 is 0 Å². The summed E-state index contributed by atoms with van der Waals surface area (Å²) in [6.07, 6.45) is 2.27. The van der Waals surface area contributed by atoms with Crippen LogP contribution in [0.15, 0.2) is 24.3 Å². The number of hydrogen-bond donors (Lipinski definition) is 1. The predicted molar refractivity (Wildman–Crippen MR) is 91.8 cm³/mol. The zero-order valence-corrected chi connectivity index (χ0v) is 14.2. The molecule has 0 amide bonds. The minimum atomic E-state index is -0.112. The second-order valence-electron chi connectivity index (χ2n) is 6.04. The van der Waals surface area contributed by atoms with Crippen molar-refractivity contribution >= 4 is 11.7 Å². The Bertz CT molecular complexity index is 490. The van der Waals surface area contributed by atoms with Crippen LogP contribution in [0.2, 0.25) is 0 Å². The number of nitrogens with two attached hydrogens (primary N) is 1. The third kappa shape index (κ3) is 5.43. The molecule has 1 aliphatic rings. The molecule has 2 rings (SSSR count). The van der Waals surface area contributed by atoms with Crippen LogP contribution in [0.25, 0.3) is 0 Å². The second-order valence-corrected chi connectivity index (χ2v) is 6.04. The first-order valence-electron chi connectivity index (χ1n) is 8.51. The summed E-state index contributed by atoms with van der Waals surface area (Å²) in [7, 11) is 0. The summed E-state index contributed by atoms with van der Waals surface area (Å²) in [6.45, 7) is 6.71. The third-order valence-electron chi connectivity index (χ3n) is 4.14. The Balaban J connectivity index is 1.92. The Hall–Kier alpha value is -1.75. The Morgan fingerprint density at radius 3 is 2.61 bits per heavy atom. The molecule has 23 heavy (non-hydrogen) atoms. The molecule has 0 bridgehead atoms. The van der Waals surface area contributed by atoms with Gasteiger partial charge in [0.2, 0.25) is 0 Å². The number of anilines is 1. The number of esters is 1. The standard InChI is InChI=1S/C18H28N2O3/c1-3-22-17-8-6-16(7-9-17)20-12-14(11-15(19)13-20)5-10-18(21)23-4-2/h6-9,14-15H,3-5,10-13,19H2,1-2H3. The first-order chi connectivity index (χ1) is 11.1. The van der Waals surface area contributed by atoms with Crippen LogP contribution in [0.1, 0.15) is 33.1 Å². The van der Waals surface area contributed by atoms with Crippen LogP contribution in [0.3, 0.4) is 0 Å². The molecule has 5 heteroatoms. The number of carbonyl (C=O) groups is 1. The summed E-state index contributed by atoms with van der Waals surface area (Å²) in [6, 6.07) is 8.28. The molecule has 2 N–H and O–H groups in total. The average molecular weight is 320 g/mol. The van der Waals surface area contributed by atoms with Crippen molar-refractivity contribution in [1.29, 1.82) is 0 Å². The highest BCUT2D eigenvalue weighted by molar-refractivity contribution is 5.69. The lowest BCUT2D eigenvalue weighted by atomic mass is 9.90. The van der Waals surface area contributed by atoms with Crippen LogP contribution < -0.4 is 15.4 Å². The maximum Gasteiger partial charge on any atom is 0.305 e. The summed E-state index contributed by atoms with van der Waals surface area (Å²) in [4.78, 5) is 13.8. The molecule has 0 saturated carbocycles. The summed E-state index contributed by atoms with van der Waals surface area (Å²) in [5, 5.41) is 0. The van der Waals surface area contributed by atoms with Gasteiger partial charge in [-0.1, -0.05) is 0 Å². The monoisotopic (exact) mass is 320 g/mol. The van der Waals surface area contributed by atoms with Crippen molar-refractivity contribution in [2.45, 2.75) is 39.2 Å². The van der Waals surface area contributed by atoms with Crippen molar-refractivity contribution in [3.05, 3.63) is 24.3 Å². The average Bonchev–Trinajstić information content (AvgIpc) is 2.54. The molecule has 0 aliphatic carbocycles. The smallest absolute Gasteiger partial charge is 0.305 e. The van der Waals surface area contributed by atoms with E-state index in [4.69, 9.17) is 15.2 Å². The second kappa shape index (κ2) is 8.77. The van der Waals surface area contributed by atoms with Gasteiger partial charge in [0.25, 0.3) is 0 Å². The molecule has 2 atom stereocenters. The van der Waals surface area contributed by atoms with E-state index < -0.39 is 0 Å². The molecule has 0 aromatic heterocycles. The van der Waals surface area contributed by atoms with Crippen LogP contribution in [-0.4, -0.2) is 38.3 Å². The Morgan fingerprint density at radius 1 is 1.22 bits per heavy atom. The van der Waals surface area contributed by atoms with E-state index >= 15 is 0 Å². The van der Waals surface area contributed by atoms with Gasteiger partial charge in [-0.25, -0.2) is 0 Å². The lowest BCUT2D eigenvalue weighted by molar-refractivity contribution is -0.143. The number of rotatable bonds is 7. The molecule has 1 saturated heterocycles. The van der Waals surface area contributed by atoms with Gasteiger partial charge >= 0.3 is 5.97 Å². The molecule has 1 fully saturated rings. The number of piperidine rings is 1. The van der Waals surface area contributed by atoms with Gasteiger partial charge in [0.1, 0.15) is 5.75 Å². The Morgan fingerprint density at radius 2 is 1.96 bits per heavy atom. The molecule has 128 valence electrons. The van der Waals surface area contributed by atoms with Crippen LogP contribution in [-0.2, 0) is 9.53 Å². The number of ether oxygens (including phenoxy) is 2. The minimum Gasteiger partial charge on any atom is -0.494 e. The zero-order valence-electron chi connectivity index (χ0n) is 14.2. The number of hydrogen-bond acceptors (Lipinski definition) is 5. The van der Waals surface area contributed by atoms with E-state index in [0.717, 1.165) is 37.4 Å². The van der Waals surface area contributed by atoms with Gasteiger partial charge in [0.15, 0.2) is 0 Å². The van der Waals surface area contributed by atoms with E-state index in [9.17, 15) is 4.79 Å². The summed E-state index contributed by atoms with van der Waals surface area (Å²) in [5.74, 6) is 1.20. The van der Waals surface area contributed by atoms with Gasteiger partial charge in [-0.2, -0.15) is 0 Å². The van der Waals surface area contributed by atoms with Crippen LogP contribution in [0.4, 0.5) is 5.69 Å². The van der Waals surface area contributed by atoms with Gasteiger partial charge in [-0.15, -0.1) is 0 Å². The normalized spacial score (nSPS) is 21.1. The van der Waals surface area contributed by atoms with Crippen LogP contribution in [0.5, 0.6) is 5.75 Å². The molecule has 1 heterocycles. The zero-order chi connectivity index (χ0) is 16.7. The largest absolute Gasteiger partial charge is 0.494 e. The summed E-state index contributed by atoms with van der Waals surface area (Å²) in [5.41, 5.74) is 7.37. The third-order valence-corrected chi connectivity index (χ3v) is 4.14. The van der Waals surface area contributed by atoms with E-state index in [1.165, 1.54) is 0 Å². The maximum absolute atomic E-state index is 11.5. The highest BCUT2D eigenvalue weighted by atomic mass is 16.5.